The SMILES string of the molecule is CC(O)c1ccc(OCOCC(F)(F)F)c(F)c1. The first-order chi connectivity index (χ1) is 8.29. The molecular formula is C11H12F4O3. The van der Waals surface area contributed by atoms with E-state index in [0.717, 1.165) is 6.07 Å². The lowest BCUT2D eigenvalue weighted by atomic mass is 10.1. The Kier molecular flexibility index (Phi) is 4.92. The molecule has 1 atom stereocenters. The van der Waals surface area contributed by atoms with Crippen molar-refractivity contribution < 1.29 is 32.1 Å². The van der Waals surface area contributed by atoms with Crippen LogP contribution >= 0.6 is 0 Å². The Hall–Kier alpha value is -1.34. The number of aliphatic hydroxyl groups is 1. The van der Waals surface area contributed by atoms with Gasteiger partial charge in [0.2, 0.25) is 0 Å². The van der Waals surface area contributed by atoms with Crippen molar-refractivity contribution in [3.05, 3.63) is 29.6 Å². The number of hydrogen-bond donors (Lipinski definition) is 1. The van der Waals surface area contributed by atoms with E-state index < -0.39 is 31.5 Å². The maximum atomic E-state index is 13.4. The molecule has 0 saturated carbocycles. The zero-order valence-corrected chi connectivity index (χ0v) is 9.50. The van der Waals surface area contributed by atoms with E-state index in [2.05, 4.69) is 9.47 Å². The minimum absolute atomic E-state index is 0.235. The van der Waals surface area contributed by atoms with Crippen LogP contribution < -0.4 is 4.74 Å². The second kappa shape index (κ2) is 6.01. The zero-order valence-electron chi connectivity index (χ0n) is 9.50. The Labute approximate surface area is 101 Å². The van der Waals surface area contributed by atoms with Gasteiger partial charge in [0.25, 0.3) is 0 Å². The van der Waals surface area contributed by atoms with Crippen molar-refractivity contribution in [2.24, 2.45) is 0 Å². The first kappa shape index (κ1) is 14.7. The number of aliphatic hydroxyl groups excluding tert-OH is 1. The van der Waals surface area contributed by atoms with Crippen LogP contribution in [0.1, 0.15) is 18.6 Å². The summed E-state index contributed by atoms with van der Waals surface area (Å²) in [5.41, 5.74) is 0.344. The van der Waals surface area contributed by atoms with E-state index in [4.69, 9.17) is 0 Å². The average molecular weight is 268 g/mol. The molecule has 1 unspecified atom stereocenters. The maximum Gasteiger partial charge on any atom is 0.411 e. The molecule has 0 saturated heterocycles. The third-order valence-corrected chi connectivity index (χ3v) is 2.00. The lowest BCUT2D eigenvalue weighted by Gasteiger charge is -2.11. The third-order valence-electron chi connectivity index (χ3n) is 2.00. The van der Waals surface area contributed by atoms with Crippen LogP contribution in [0, 0.1) is 5.82 Å². The number of rotatable bonds is 5. The molecule has 0 fully saturated rings. The molecule has 3 nitrogen and oxygen atoms in total. The van der Waals surface area contributed by atoms with Crippen molar-refractivity contribution in [3.63, 3.8) is 0 Å². The molecule has 0 aromatic heterocycles. The Morgan fingerprint density at radius 2 is 2.00 bits per heavy atom. The van der Waals surface area contributed by atoms with E-state index in [-0.39, 0.29) is 5.75 Å². The molecule has 102 valence electrons. The van der Waals surface area contributed by atoms with Gasteiger partial charge in [0.1, 0.15) is 6.61 Å². The van der Waals surface area contributed by atoms with Gasteiger partial charge in [-0.3, -0.25) is 0 Å². The first-order valence-corrected chi connectivity index (χ1v) is 5.04. The molecule has 7 heteroatoms. The fourth-order valence-corrected chi connectivity index (χ4v) is 1.16. The standard InChI is InChI=1S/C11H12F4O3/c1-7(16)8-2-3-10(9(12)4-8)18-6-17-5-11(13,14)15/h2-4,7,16H,5-6H2,1H3. The van der Waals surface area contributed by atoms with E-state index in [1.54, 1.807) is 0 Å². The Balaban J connectivity index is 2.48. The molecule has 0 spiro atoms. The average Bonchev–Trinajstić information content (AvgIpc) is 2.24. The van der Waals surface area contributed by atoms with Crippen LogP contribution in [0.15, 0.2) is 18.2 Å². The van der Waals surface area contributed by atoms with Gasteiger partial charge in [-0.15, -0.1) is 0 Å². The Morgan fingerprint density at radius 1 is 1.33 bits per heavy atom. The smallest absolute Gasteiger partial charge is 0.411 e. The highest BCUT2D eigenvalue weighted by Gasteiger charge is 2.27. The summed E-state index contributed by atoms with van der Waals surface area (Å²) >= 11 is 0. The van der Waals surface area contributed by atoms with Gasteiger partial charge in [0.15, 0.2) is 18.4 Å². The molecule has 1 rings (SSSR count). The topological polar surface area (TPSA) is 38.7 Å². The van der Waals surface area contributed by atoms with Crippen LogP contribution in [0.4, 0.5) is 17.6 Å². The number of halogens is 4. The molecule has 0 amide bonds. The summed E-state index contributed by atoms with van der Waals surface area (Å²) < 4.78 is 57.4. The lowest BCUT2D eigenvalue weighted by Crippen LogP contribution is -2.19. The molecule has 1 aromatic carbocycles. The van der Waals surface area contributed by atoms with E-state index in [9.17, 15) is 22.7 Å². The van der Waals surface area contributed by atoms with Crippen LogP contribution in [0.3, 0.4) is 0 Å². The molecule has 0 bridgehead atoms. The minimum atomic E-state index is -4.45. The van der Waals surface area contributed by atoms with Gasteiger partial charge in [0, 0.05) is 0 Å². The molecule has 0 heterocycles. The Bertz CT molecular complexity index is 390. The fraction of sp³-hybridized carbons (Fsp3) is 0.455. The third kappa shape index (κ3) is 4.89. The number of alkyl halides is 3. The molecule has 1 aromatic rings. The molecular weight excluding hydrogens is 256 g/mol. The molecule has 0 radical (unpaired) electrons. The van der Waals surface area contributed by atoms with Gasteiger partial charge in [-0.05, 0) is 24.6 Å². The van der Waals surface area contributed by atoms with Gasteiger partial charge in [-0.25, -0.2) is 4.39 Å². The maximum absolute atomic E-state index is 13.4. The van der Waals surface area contributed by atoms with Gasteiger partial charge in [-0.2, -0.15) is 13.2 Å². The summed E-state index contributed by atoms with van der Waals surface area (Å²) in [7, 11) is 0. The van der Waals surface area contributed by atoms with Gasteiger partial charge in [0.05, 0.1) is 6.10 Å². The van der Waals surface area contributed by atoms with Gasteiger partial charge < -0.3 is 14.6 Å². The molecule has 18 heavy (non-hydrogen) atoms. The summed E-state index contributed by atoms with van der Waals surface area (Å²) in [5, 5.41) is 9.19. The minimum Gasteiger partial charge on any atom is -0.464 e. The van der Waals surface area contributed by atoms with E-state index >= 15 is 0 Å². The lowest BCUT2D eigenvalue weighted by molar-refractivity contribution is -0.187. The summed E-state index contributed by atoms with van der Waals surface area (Å²) in [5.74, 6) is -1.01. The molecule has 0 aliphatic rings. The fourth-order valence-electron chi connectivity index (χ4n) is 1.16. The van der Waals surface area contributed by atoms with Crippen molar-refractivity contribution in [1.29, 1.82) is 0 Å². The monoisotopic (exact) mass is 268 g/mol. The summed E-state index contributed by atoms with van der Waals surface area (Å²) in [6, 6.07) is 3.67. The van der Waals surface area contributed by atoms with E-state index in [1.807, 2.05) is 0 Å². The van der Waals surface area contributed by atoms with E-state index in [0.29, 0.717) is 5.56 Å². The molecule has 0 aliphatic carbocycles. The number of benzene rings is 1. The highest BCUT2D eigenvalue weighted by Crippen LogP contribution is 2.22. The van der Waals surface area contributed by atoms with Crippen molar-refractivity contribution in [1.82, 2.24) is 0 Å². The van der Waals surface area contributed by atoms with Crippen molar-refractivity contribution in [3.8, 4) is 5.75 Å². The second-order valence-electron chi connectivity index (χ2n) is 3.59. The highest BCUT2D eigenvalue weighted by molar-refractivity contribution is 5.30. The highest BCUT2D eigenvalue weighted by atomic mass is 19.4. The van der Waals surface area contributed by atoms with Crippen LogP contribution in [0.25, 0.3) is 0 Å². The van der Waals surface area contributed by atoms with Crippen molar-refractivity contribution in [2.75, 3.05) is 13.4 Å². The zero-order chi connectivity index (χ0) is 13.8. The summed E-state index contributed by atoms with van der Waals surface area (Å²) in [6.45, 7) is -0.702. The van der Waals surface area contributed by atoms with Crippen molar-refractivity contribution in [2.45, 2.75) is 19.2 Å². The van der Waals surface area contributed by atoms with Crippen molar-refractivity contribution >= 4 is 0 Å². The largest absolute Gasteiger partial charge is 0.464 e. The Morgan fingerprint density at radius 3 is 2.50 bits per heavy atom. The summed E-state index contributed by atoms with van der Waals surface area (Å²) in [4.78, 5) is 0. The number of ether oxygens (including phenoxy) is 2. The molecule has 1 N–H and O–H groups in total. The predicted octanol–water partition coefficient (Wildman–Crippen LogP) is 2.79. The summed E-state index contributed by atoms with van der Waals surface area (Å²) in [6.07, 6.45) is -5.28. The van der Waals surface area contributed by atoms with Crippen LogP contribution in [0.2, 0.25) is 0 Å². The van der Waals surface area contributed by atoms with Crippen LogP contribution in [-0.2, 0) is 4.74 Å². The van der Waals surface area contributed by atoms with Crippen LogP contribution in [-0.4, -0.2) is 24.7 Å². The van der Waals surface area contributed by atoms with Gasteiger partial charge in [-0.1, -0.05) is 6.07 Å². The molecule has 0 aliphatic heterocycles. The van der Waals surface area contributed by atoms with E-state index in [1.165, 1.54) is 19.1 Å². The van der Waals surface area contributed by atoms with Crippen LogP contribution in [0.5, 0.6) is 5.75 Å². The normalized spacial score (nSPS) is 13.4. The second-order valence-corrected chi connectivity index (χ2v) is 3.59. The first-order valence-electron chi connectivity index (χ1n) is 5.04. The van der Waals surface area contributed by atoms with Gasteiger partial charge >= 0.3 is 6.18 Å². The predicted molar refractivity (Wildman–Crippen MR) is 54.5 cm³/mol. The quantitative estimate of drug-likeness (QED) is 0.507. The number of hydrogen-bond acceptors (Lipinski definition) is 3.